The number of carbonyl (C=O) groups excluding carboxylic acids is 1. The molecule has 1 saturated heterocycles. The van der Waals surface area contributed by atoms with Crippen LogP contribution in [-0.4, -0.2) is 43.2 Å². The van der Waals surface area contributed by atoms with Crippen molar-refractivity contribution >= 4 is 5.91 Å². The third-order valence-electron chi connectivity index (χ3n) is 3.75. The topological polar surface area (TPSA) is 38.8 Å². The van der Waals surface area contributed by atoms with Crippen molar-refractivity contribution < 1.29 is 27.4 Å². The molecule has 2 rings (SSSR count). The monoisotopic (exact) mass is 331 g/mol. The van der Waals surface area contributed by atoms with E-state index in [1.54, 1.807) is 11.8 Å². The Morgan fingerprint density at radius 3 is 2.61 bits per heavy atom. The predicted molar refractivity (Wildman–Crippen MR) is 77.8 cm³/mol. The number of halogens is 3. The first kappa shape index (κ1) is 17.7. The zero-order valence-corrected chi connectivity index (χ0v) is 13.1. The van der Waals surface area contributed by atoms with E-state index in [1.165, 1.54) is 12.1 Å². The lowest BCUT2D eigenvalue weighted by Gasteiger charge is -2.34. The van der Waals surface area contributed by atoms with Crippen molar-refractivity contribution in [2.45, 2.75) is 32.2 Å². The zero-order chi connectivity index (χ0) is 17.0. The summed E-state index contributed by atoms with van der Waals surface area (Å²) in [6, 6.07) is 4.85. The Labute approximate surface area is 133 Å². The molecule has 7 heteroatoms. The molecule has 0 N–H and O–H groups in total. The van der Waals surface area contributed by atoms with E-state index >= 15 is 0 Å². The highest BCUT2D eigenvalue weighted by Gasteiger charge is 2.32. The normalized spacial score (nSPS) is 20.4. The van der Waals surface area contributed by atoms with Crippen LogP contribution in [0.4, 0.5) is 13.2 Å². The van der Waals surface area contributed by atoms with Crippen molar-refractivity contribution in [3.8, 4) is 0 Å². The lowest BCUT2D eigenvalue weighted by atomic mass is 10.0. The molecule has 0 aromatic heterocycles. The molecule has 1 heterocycles. The van der Waals surface area contributed by atoms with Crippen LogP contribution in [0.2, 0.25) is 0 Å². The zero-order valence-electron chi connectivity index (χ0n) is 13.1. The third-order valence-corrected chi connectivity index (χ3v) is 3.75. The van der Waals surface area contributed by atoms with Crippen LogP contribution in [0.1, 0.15) is 31.1 Å². The van der Waals surface area contributed by atoms with E-state index in [0.29, 0.717) is 31.9 Å². The maximum Gasteiger partial charge on any atom is 0.416 e. The molecule has 0 aliphatic carbocycles. The average molecular weight is 331 g/mol. The lowest BCUT2D eigenvalue weighted by Crippen LogP contribution is -2.46. The van der Waals surface area contributed by atoms with Gasteiger partial charge in [0.1, 0.15) is 12.2 Å². The van der Waals surface area contributed by atoms with Crippen molar-refractivity contribution in [3.63, 3.8) is 0 Å². The molecular formula is C16H20F3NO3. The Kier molecular flexibility index (Phi) is 5.64. The summed E-state index contributed by atoms with van der Waals surface area (Å²) in [5, 5.41) is 0. The van der Waals surface area contributed by atoms with Crippen molar-refractivity contribution in [1.82, 2.24) is 4.90 Å². The van der Waals surface area contributed by atoms with Crippen LogP contribution in [0.5, 0.6) is 0 Å². The number of alkyl halides is 3. The lowest BCUT2D eigenvalue weighted by molar-refractivity contribution is -0.150. The molecule has 0 unspecified atom stereocenters. The molecule has 1 amide bonds. The number of morpholine rings is 1. The number of hydrogen-bond donors (Lipinski definition) is 0. The maximum atomic E-state index is 12.6. The SMILES string of the molecule is CCO[C@@H](C)C(=O)N1CCO[C@H](c2ccc(C(F)(F)F)cc2)C1. The molecule has 4 nitrogen and oxygen atoms in total. The second-order valence-electron chi connectivity index (χ2n) is 5.36. The van der Waals surface area contributed by atoms with Crippen molar-refractivity contribution in [2.75, 3.05) is 26.3 Å². The molecule has 1 aliphatic heterocycles. The summed E-state index contributed by atoms with van der Waals surface area (Å²) in [6.07, 6.45) is -5.32. The second kappa shape index (κ2) is 7.31. The number of hydrogen-bond acceptors (Lipinski definition) is 3. The number of carbonyl (C=O) groups is 1. The fourth-order valence-corrected chi connectivity index (χ4v) is 2.52. The van der Waals surface area contributed by atoms with E-state index in [2.05, 4.69) is 0 Å². The molecule has 23 heavy (non-hydrogen) atoms. The molecular weight excluding hydrogens is 311 g/mol. The quantitative estimate of drug-likeness (QED) is 0.851. The Balaban J connectivity index is 2.05. The fourth-order valence-electron chi connectivity index (χ4n) is 2.52. The van der Waals surface area contributed by atoms with Crippen LogP contribution in [0, 0.1) is 0 Å². The van der Waals surface area contributed by atoms with E-state index in [-0.39, 0.29) is 5.91 Å². The molecule has 1 aromatic rings. The van der Waals surface area contributed by atoms with E-state index in [4.69, 9.17) is 9.47 Å². The molecule has 1 aliphatic rings. The molecule has 0 spiro atoms. The number of benzene rings is 1. The Morgan fingerprint density at radius 1 is 1.39 bits per heavy atom. The van der Waals surface area contributed by atoms with Gasteiger partial charge in [0.15, 0.2) is 0 Å². The van der Waals surface area contributed by atoms with E-state index in [1.807, 2.05) is 6.92 Å². The number of amides is 1. The van der Waals surface area contributed by atoms with Crippen LogP contribution in [0.15, 0.2) is 24.3 Å². The van der Waals surface area contributed by atoms with Gasteiger partial charge >= 0.3 is 6.18 Å². The van der Waals surface area contributed by atoms with Crippen molar-refractivity contribution in [2.24, 2.45) is 0 Å². The number of nitrogens with zero attached hydrogens (tertiary/aromatic N) is 1. The highest BCUT2D eigenvalue weighted by Crippen LogP contribution is 2.31. The summed E-state index contributed by atoms with van der Waals surface area (Å²) in [4.78, 5) is 13.9. The van der Waals surface area contributed by atoms with E-state index in [0.717, 1.165) is 12.1 Å². The van der Waals surface area contributed by atoms with Gasteiger partial charge < -0.3 is 14.4 Å². The van der Waals surface area contributed by atoms with Crippen LogP contribution in [0.3, 0.4) is 0 Å². The molecule has 2 atom stereocenters. The third kappa shape index (κ3) is 4.45. The smallest absolute Gasteiger partial charge is 0.370 e. The minimum atomic E-state index is -4.36. The first-order chi connectivity index (χ1) is 10.8. The highest BCUT2D eigenvalue weighted by atomic mass is 19.4. The number of rotatable bonds is 4. The van der Waals surface area contributed by atoms with Crippen LogP contribution in [0.25, 0.3) is 0 Å². The molecule has 128 valence electrons. The molecule has 1 aromatic carbocycles. The summed E-state index contributed by atoms with van der Waals surface area (Å²) in [7, 11) is 0. The van der Waals surface area contributed by atoms with Gasteiger partial charge in [0.05, 0.1) is 18.7 Å². The van der Waals surface area contributed by atoms with Gasteiger partial charge in [-0.1, -0.05) is 12.1 Å². The Morgan fingerprint density at radius 2 is 2.04 bits per heavy atom. The minimum absolute atomic E-state index is 0.132. The largest absolute Gasteiger partial charge is 0.416 e. The summed E-state index contributed by atoms with van der Waals surface area (Å²) in [6.45, 7) is 5.05. The maximum absolute atomic E-state index is 12.6. The molecule has 1 fully saturated rings. The van der Waals surface area contributed by atoms with E-state index < -0.39 is 23.9 Å². The summed E-state index contributed by atoms with van der Waals surface area (Å²) >= 11 is 0. The Bertz CT molecular complexity index is 530. The standard InChI is InChI=1S/C16H20F3NO3/c1-3-22-11(2)15(21)20-8-9-23-14(10-20)12-4-6-13(7-5-12)16(17,18)19/h4-7,11,14H,3,8-10H2,1-2H3/t11-,14-/m0/s1. The molecule has 0 saturated carbocycles. The average Bonchev–Trinajstić information content (AvgIpc) is 2.54. The Hall–Kier alpha value is -1.60. The van der Waals surface area contributed by atoms with Crippen molar-refractivity contribution in [1.29, 1.82) is 0 Å². The van der Waals surface area contributed by atoms with Gasteiger partial charge in [-0.05, 0) is 31.5 Å². The van der Waals surface area contributed by atoms with Gasteiger partial charge in [0, 0.05) is 13.2 Å². The van der Waals surface area contributed by atoms with Gasteiger partial charge in [-0.15, -0.1) is 0 Å². The van der Waals surface area contributed by atoms with Gasteiger partial charge in [-0.25, -0.2) is 0 Å². The van der Waals surface area contributed by atoms with Crippen molar-refractivity contribution in [3.05, 3.63) is 35.4 Å². The van der Waals surface area contributed by atoms with Gasteiger partial charge in [-0.2, -0.15) is 13.2 Å². The van der Waals surface area contributed by atoms with Gasteiger partial charge in [-0.3, -0.25) is 4.79 Å². The summed E-state index contributed by atoms with van der Waals surface area (Å²) in [5.41, 5.74) is -0.0745. The minimum Gasteiger partial charge on any atom is -0.370 e. The van der Waals surface area contributed by atoms with Gasteiger partial charge in [0.25, 0.3) is 5.91 Å². The van der Waals surface area contributed by atoms with E-state index in [9.17, 15) is 18.0 Å². The fraction of sp³-hybridized carbons (Fsp3) is 0.562. The summed E-state index contributed by atoms with van der Waals surface area (Å²) in [5.74, 6) is -0.132. The first-order valence-corrected chi connectivity index (χ1v) is 7.52. The second-order valence-corrected chi connectivity index (χ2v) is 5.36. The van der Waals surface area contributed by atoms with Crippen LogP contribution >= 0.6 is 0 Å². The highest BCUT2D eigenvalue weighted by molar-refractivity contribution is 5.80. The predicted octanol–water partition coefficient (Wildman–Crippen LogP) is 3.03. The molecule has 0 bridgehead atoms. The van der Waals surface area contributed by atoms with Crippen LogP contribution in [-0.2, 0) is 20.4 Å². The summed E-state index contributed by atoms with van der Waals surface area (Å²) < 4.78 is 48.7. The van der Waals surface area contributed by atoms with Crippen LogP contribution < -0.4 is 0 Å². The number of ether oxygens (including phenoxy) is 2. The van der Waals surface area contributed by atoms with Gasteiger partial charge in [0.2, 0.25) is 0 Å². The molecule has 0 radical (unpaired) electrons. The first-order valence-electron chi connectivity index (χ1n) is 7.52.